The van der Waals surface area contributed by atoms with E-state index >= 15 is 0 Å². The highest BCUT2D eigenvalue weighted by molar-refractivity contribution is 14.1. The highest BCUT2D eigenvalue weighted by Gasteiger charge is 2.02. The second-order valence-electron chi connectivity index (χ2n) is 1.86. The van der Waals surface area contributed by atoms with Crippen LogP contribution in [-0.4, -0.2) is 10.1 Å². The summed E-state index contributed by atoms with van der Waals surface area (Å²) >= 11 is 2.22. The highest BCUT2D eigenvalue weighted by Crippen LogP contribution is 2.02. The predicted molar refractivity (Wildman–Crippen MR) is 49.4 cm³/mol. The van der Waals surface area contributed by atoms with Gasteiger partial charge in [0, 0.05) is 0 Å². The summed E-state index contributed by atoms with van der Waals surface area (Å²) in [5.74, 6) is 0. The molecule has 54 valence electrons. The van der Waals surface area contributed by atoms with Gasteiger partial charge in [-0.3, -0.25) is 0 Å². The summed E-state index contributed by atoms with van der Waals surface area (Å²) in [6.07, 6.45) is 4.93. The zero-order valence-electron chi connectivity index (χ0n) is 5.55. The maximum Gasteiger partial charge on any atom is 0.0678 e. The van der Waals surface area contributed by atoms with Crippen molar-refractivity contribution in [2.45, 2.75) is 23.4 Å². The molecule has 0 bridgehead atoms. The van der Waals surface area contributed by atoms with Crippen LogP contribution in [0.4, 0.5) is 0 Å². The fourth-order valence-corrected chi connectivity index (χ4v) is 0.688. The van der Waals surface area contributed by atoms with E-state index in [0.29, 0.717) is 0 Å². The lowest BCUT2D eigenvalue weighted by Crippen LogP contribution is -2.38. The van der Waals surface area contributed by atoms with Gasteiger partial charge >= 0.3 is 0 Å². The molecule has 0 rings (SSSR count). The highest BCUT2D eigenvalue weighted by atomic mass is 127. The van der Waals surface area contributed by atoms with Crippen molar-refractivity contribution in [3.8, 4) is 0 Å². The predicted octanol–water partition coefficient (Wildman–Crippen LogP) is 1.000. The largest absolute Gasteiger partial charge is 0.315 e. The Bertz CT molecular complexity index is 91.1. The minimum Gasteiger partial charge on any atom is -0.315 e. The van der Waals surface area contributed by atoms with Crippen molar-refractivity contribution in [3.63, 3.8) is 0 Å². The van der Waals surface area contributed by atoms with Gasteiger partial charge in [0.1, 0.15) is 0 Å². The Morgan fingerprint density at radius 1 is 1.56 bits per heavy atom. The van der Waals surface area contributed by atoms with Crippen LogP contribution in [-0.2, 0) is 0 Å². The van der Waals surface area contributed by atoms with E-state index < -0.39 is 0 Å². The van der Waals surface area contributed by atoms with Crippen LogP contribution >= 0.6 is 22.6 Å². The Balaban J connectivity index is 3.48. The van der Waals surface area contributed by atoms with Crippen LogP contribution in [0.1, 0.15) is 13.3 Å². The van der Waals surface area contributed by atoms with E-state index in [4.69, 9.17) is 11.5 Å². The molecule has 0 aliphatic carbocycles. The molecule has 3 heteroatoms. The van der Waals surface area contributed by atoms with E-state index in [0.717, 1.165) is 6.42 Å². The van der Waals surface area contributed by atoms with E-state index in [1.165, 1.54) is 0 Å². The smallest absolute Gasteiger partial charge is 0.0678 e. The molecule has 0 aliphatic rings. The van der Waals surface area contributed by atoms with Gasteiger partial charge in [-0.25, -0.2) is 0 Å². The molecule has 0 aromatic heterocycles. The van der Waals surface area contributed by atoms with Crippen LogP contribution in [0.15, 0.2) is 12.2 Å². The third kappa shape index (κ3) is 4.87. The van der Waals surface area contributed by atoms with Crippen LogP contribution in [0.5, 0.6) is 0 Å². The summed E-state index contributed by atoms with van der Waals surface area (Å²) in [5.41, 5.74) is 10.8. The van der Waals surface area contributed by atoms with Gasteiger partial charge in [-0.05, 0) is 6.42 Å². The molecule has 0 heterocycles. The van der Waals surface area contributed by atoms with E-state index in [2.05, 4.69) is 35.6 Å². The van der Waals surface area contributed by atoms with Crippen LogP contribution in [0, 0.1) is 0 Å². The van der Waals surface area contributed by atoms with Crippen molar-refractivity contribution in [2.75, 3.05) is 0 Å². The van der Waals surface area contributed by atoms with E-state index in [9.17, 15) is 0 Å². The van der Waals surface area contributed by atoms with E-state index in [1.54, 1.807) is 0 Å². The minimum atomic E-state index is -0.228. The molecule has 1 unspecified atom stereocenters. The minimum absolute atomic E-state index is 0.228. The van der Waals surface area contributed by atoms with Crippen LogP contribution in [0.25, 0.3) is 0 Å². The van der Waals surface area contributed by atoms with E-state index in [-0.39, 0.29) is 10.1 Å². The molecular weight excluding hydrogens is 227 g/mol. The van der Waals surface area contributed by atoms with Crippen molar-refractivity contribution >= 4 is 22.6 Å². The summed E-state index contributed by atoms with van der Waals surface area (Å²) in [5, 5.41) is 0. The Morgan fingerprint density at radius 3 is 2.44 bits per heavy atom. The number of rotatable bonds is 3. The quantitative estimate of drug-likeness (QED) is 0.334. The van der Waals surface area contributed by atoms with Crippen molar-refractivity contribution in [1.82, 2.24) is 0 Å². The Labute approximate surface area is 69.8 Å². The molecule has 0 fully saturated rings. The number of hydrogen-bond acceptors (Lipinski definition) is 2. The molecule has 9 heavy (non-hydrogen) atoms. The second kappa shape index (κ2) is 5.20. The van der Waals surface area contributed by atoms with Crippen molar-refractivity contribution in [2.24, 2.45) is 11.5 Å². The number of allylic oxidation sites excluding steroid dienone is 1. The average molecular weight is 240 g/mol. The zero-order valence-corrected chi connectivity index (χ0v) is 7.71. The van der Waals surface area contributed by atoms with Crippen molar-refractivity contribution in [3.05, 3.63) is 12.2 Å². The lowest BCUT2D eigenvalue weighted by atomic mass is 10.3. The molecule has 0 spiro atoms. The molecule has 0 aliphatic heterocycles. The summed E-state index contributed by atoms with van der Waals surface area (Å²) < 4.78 is 0.266. The third-order valence-corrected chi connectivity index (χ3v) is 2.17. The second-order valence-corrected chi connectivity index (χ2v) is 3.30. The molecule has 0 radical (unpaired) electrons. The van der Waals surface area contributed by atoms with Gasteiger partial charge in [-0.15, -0.1) is 0 Å². The van der Waals surface area contributed by atoms with Crippen LogP contribution in [0.2, 0.25) is 0 Å². The Hall–Kier alpha value is 0.390. The Morgan fingerprint density at radius 2 is 2.11 bits per heavy atom. The van der Waals surface area contributed by atoms with Gasteiger partial charge < -0.3 is 11.5 Å². The first-order valence-electron chi connectivity index (χ1n) is 3.00. The molecule has 1 atom stereocenters. The molecule has 0 aromatic carbocycles. The molecular formula is C6H13IN2. The number of halogens is 1. The molecule has 0 aromatic rings. The third-order valence-electron chi connectivity index (χ3n) is 0.923. The zero-order chi connectivity index (χ0) is 7.28. The fourth-order valence-electron chi connectivity index (χ4n) is 0.394. The van der Waals surface area contributed by atoms with Gasteiger partial charge in [0.25, 0.3) is 0 Å². The lowest BCUT2D eigenvalue weighted by Gasteiger charge is -2.07. The number of alkyl halides is 1. The monoisotopic (exact) mass is 240 g/mol. The van der Waals surface area contributed by atoms with Crippen LogP contribution in [0.3, 0.4) is 0 Å². The first kappa shape index (κ1) is 9.39. The van der Waals surface area contributed by atoms with Gasteiger partial charge in [-0.2, -0.15) is 0 Å². The molecule has 0 saturated heterocycles. The molecule has 2 nitrogen and oxygen atoms in total. The Kier molecular flexibility index (Phi) is 5.42. The topological polar surface area (TPSA) is 52.0 Å². The maximum absolute atomic E-state index is 5.40. The van der Waals surface area contributed by atoms with E-state index in [1.807, 2.05) is 6.08 Å². The molecule has 0 amide bonds. The summed E-state index contributed by atoms with van der Waals surface area (Å²) in [6, 6.07) is 0. The van der Waals surface area contributed by atoms with Gasteiger partial charge in [0.2, 0.25) is 0 Å². The van der Waals surface area contributed by atoms with Gasteiger partial charge in [0.05, 0.1) is 10.1 Å². The van der Waals surface area contributed by atoms with Crippen molar-refractivity contribution in [1.29, 1.82) is 0 Å². The van der Waals surface area contributed by atoms with Gasteiger partial charge in [-0.1, -0.05) is 41.7 Å². The summed E-state index contributed by atoms with van der Waals surface area (Å²) in [6.45, 7) is 2.09. The normalized spacial score (nSPS) is 15.2. The fraction of sp³-hybridized carbons (Fsp3) is 0.667. The molecule has 4 N–H and O–H groups in total. The van der Waals surface area contributed by atoms with Crippen molar-refractivity contribution < 1.29 is 0 Å². The summed E-state index contributed by atoms with van der Waals surface area (Å²) in [4.78, 5) is 0. The maximum atomic E-state index is 5.40. The average Bonchev–Trinajstić information content (AvgIpc) is 1.82. The van der Waals surface area contributed by atoms with Gasteiger partial charge in [0.15, 0.2) is 0 Å². The lowest BCUT2D eigenvalue weighted by molar-refractivity contribution is 0.749. The number of nitrogens with two attached hydrogens (primary N) is 2. The SMILES string of the molecule is CCC=CC(I)C(N)N. The standard InChI is InChI=1S/C6H13IN2/c1-2-3-4-5(7)6(8)9/h3-6H,2,8-9H2,1H3. The number of hydrogen-bond donors (Lipinski definition) is 2. The summed E-state index contributed by atoms with van der Waals surface area (Å²) in [7, 11) is 0. The first-order chi connectivity index (χ1) is 4.18. The van der Waals surface area contributed by atoms with Crippen LogP contribution < -0.4 is 11.5 Å². The molecule has 0 saturated carbocycles. The first-order valence-corrected chi connectivity index (χ1v) is 4.25.